The predicted octanol–water partition coefficient (Wildman–Crippen LogP) is 4.40. The van der Waals surface area contributed by atoms with E-state index in [0.717, 1.165) is 29.2 Å². The van der Waals surface area contributed by atoms with E-state index < -0.39 is 17.7 Å². The Morgan fingerprint density at radius 3 is 2.14 bits per heavy atom. The molecular weight excluding hydrogens is 301 g/mol. The number of Topliss-reactive ketones (excluding diaryl/α,β-unsaturated/α-hetero) is 1. The fourth-order valence-electron chi connectivity index (χ4n) is 1.61. The van der Waals surface area contributed by atoms with Crippen molar-refractivity contribution in [1.29, 1.82) is 0 Å². The zero-order chi connectivity index (χ0) is 15.5. The van der Waals surface area contributed by atoms with Gasteiger partial charge in [-0.2, -0.15) is 8.78 Å². The van der Waals surface area contributed by atoms with Crippen molar-refractivity contribution in [2.45, 2.75) is 11.0 Å². The van der Waals surface area contributed by atoms with Gasteiger partial charge in [-0.3, -0.25) is 4.79 Å². The number of rotatable bonds is 5. The van der Waals surface area contributed by atoms with Crippen LogP contribution in [0.3, 0.4) is 0 Å². The van der Waals surface area contributed by atoms with Crippen molar-refractivity contribution in [1.82, 2.24) is 0 Å². The summed E-state index contributed by atoms with van der Waals surface area (Å²) in [6.45, 7) is 0. The van der Waals surface area contributed by atoms with Crippen molar-refractivity contribution in [2.75, 3.05) is 6.26 Å². The molecule has 0 saturated heterocycles. The molecule has 0 bridgehead atoms. The van der Waals surface area contributed by atoms with Crippen LogP contribution in [0.1, 0.15) is 10.4 Å². The summed E-state index contributed by atoms with van der Waals surface area (Å²) in [4.78, 5) is 12.6. The van der Waals surface area contributed by atoms with Crippen LogP contribution in [-0.2, 0) is 0 Å². The number of hydrogen-bond acceptors (Lipinski definition) is 3. The van der Waals surface area contributed by atoms with E-state index >= 15 is 0 Å². The molecule has 6 heteroatoms. The lowest BCUT2D eigenvalue weighted by Crippen LogP contribution is -2.35. The number of carbonyl (C=O) groups is 1. The molecule has 0 amide bonds. The molecule has 0 heterocycles. The molecule has 0 radical (unpaired) electrons. The number of ether oxygens (including phenoxy) is 1. The summed E-state index contributed by atoms with van der Waals surface area (Å²) in [5.41, 5.74) is -0.317. The summed E-state index contributed by atoms with van der Waals surface area (Å²) < 4.78 is 44.8. The third kappa shape index (κ3) is 3.78. The molecule has 2 rings (SSSR count). The van der Waals surface area contributed by atoms with Gasteiger partial charge in [0.1, 0.15) is 11.6 Å². The van der Waals surface area contributed by atoms with Gasteiger partial charge in [0.25, 0.3) is 5.78 Å². The van der Waals surface area contributed by atoms with Gasteiger partial charge >= 0.3 is 6.11 Å². The number of thioether (sulfide) groups is 1. The average molecular weight is 312 g/mol. The topological polar surface area (TPSA) is 26.3 Å². The summed E-state index contributed by atoms with van der Waals surface area (Å²) in [6.07, 6.45) is -2.17. The second-order valence-electron chi connectivity index (χ2n) is 4.13. The van der Waals surface area contributed by atoms with E-state index in [1.165, 1.54) is 23.9 Å². The van der Waals surface area contributed by atoms with Gasteiger partial charge in [-0.15, -0.1) is 11.8 Å². The van der Waals surface area contributed by atoms with Crippen LogP contribution in [0.2, 0.25) is 0 Å². The van der Waals surface area contributed by atoms with E-state index in [9.17, 15) is 18.0 Å². The highest BCUT2D eigenvalue weighted by Crippen LogP contribution is 2.27. The molecule has 0 saturated carbocycles. The first-order valence-corrected chi connectivity index (χ1v) is 7.16. The summed E-state index contributed by atoms with van der Waals surface area (Å²) in [5.74, 6) is -2.24. The standard InChI is InChI=1S/C15H11F3O2S/c1-21-13-8-6-12(7-9-13)20-15(17,18)14(19)10-2-4-11(16)5-3-10/h2-9H,1H3. The van der Waals surface area contributed by atoms with Crippen molar-refractivity contribution in [2.24, 2.45) is 0 Å². The summed E-state index contributed by atoms with van der Waals surface area (Å²) >= 11 is 1.45. The number of halogens is 3. The normalized spacial score (nSPS) is 11.2. The maximum absolute atomic E-state index is 13.8. The van der Waals surface area contributed by atoms with E-state index in [1.807, 2.05) is 6.26 Å². The second kappa shape index (κ2) is 6.22. The summed E-state index contributed by atoms with van der Waals surface area (Å²) in [5, 5.41) is 0. The van der Waals surface area contributed by atoms with Crippen molar-refractivity contribution < 1.29 is 22.7 Å². The van der Waals surface area contributed by atoms with Gasteiger partial charge in [0.2, 0.25) is 0 Å². The fraction of sp³-hybridized carbons (Fsp3) is 0.133. The third-order valence-corrected chi connectivity index (χ3v) is 3.42. The summed E-state index contributed by atoms with van der Waals surface area (Å²) in [7, 11) is 0. The Labute approximate surface area is 123 Å². The van der Waals surface area contributed by atoms with Gasteiger partial charge in [0, 0.05) is 10.5 Å². The maximum Gasteiger partial charge on any atom is 0.465 e. The van der Waals surface area contributed by atoms with Gasteiger partial charge in [0.05, 0.1) is 0 Å². The molecule has 0 aliphatic carbocycles. The van der Waals surface area contributed by atoms with Crippen LogP contribution >= 0.6 is 11.8 Å². The van der Waals surface area contributed by atoms with Crippen LogP contribution in [0, 0.1) is 5.82 Å². The molecule has 110 valence electrons. The van der Waals surface area contributed by atoms with Crippen LogP contribution in [0.15, 0.2) is 53.4 Å². The minimum absolute atomic E-state index is 0.117. The molecule has 0 aliphatic rings. The lowest BCUT2D eigenvalue weighted by Gasteiger charge is -2.16. The van der Waals surface area contributed by atoms with Crippen LogP contribution in [0.25, 0.3) is 0 Å². The van der Waals surface area contributed by atoms with Crippen LogP contribution in [-0.4, -0.2) is 18.1 Å². The second-order valence-corrected chi connectivity index (χ2v) is 5.01. The molecule has 0 N–H and O–H groups in total. The molecular formula is C15H11F3O2S. The van der Waals surface area contributed by atoms with Crippen molar-refractivity contribution in [3.8, 4) is 5.75 Å². The first kappa shape index (κ1) is 15.4. The smallest absolute Gasteiger partial charge is 0.426 e. The van der Waals surface area contributed by atoms with Crippen molar-refractivity contribution >= 4 is 17.5 Å². The van der Waals surface area contributed by atoms with Gasteiger partial charge in [0.15, 0.2) is 0 Å². The van der Waals surface area contributed by atoms with Crippen LogP contribution < -0.4 is 4.74 Å². The SMILES string of the molecule is CSc1ccc(OC(F)(F)C(=O)c2ccc(F)cc2)cc1. The molecule has 0 aliphatic heterocycles. The minimum Gasteiger partial charge on any atom is -0.426 e. The zero-order valence-electron chi connectivity index (χ0n) is 11.0. The van der Waals surface area contributed by atoms with E-state index in [2.05, 4.69) is 4.74 Å². The highest BCUT2D eigenvalue weighted by molar-refractivity contribution is 7.98. The number of ketones is 1. The van der Waals surface area contributed by atoms with E-state index in [1.54, 1.807) is 12.1 Å². The monoisotopic (exact) mass is 312 g/mol. The first-order valence-electron chi connectivity index (χ1n) is 5.93. The molecule has 0 spiro atoms. The minimum atomic E-state index is -4.02. The molecule has 0 aromatic heterocycles. The quantitative estimate of drug-likeness (QED) is 0.604. The fourth-order valence-corrected chi connectivity index (χ4v) is 2.02. The Morgan fingerprint density at radius 1 is 1.05 bits per heavy atom. The molecule has 0 atom stereocenters. The van der Waals surface area contributed by atoms with Gasteiger partial charge < -0.3 is 4.74 Å². The van der Waals surface area contributed by atoms with E-state index in [-0.39, 0.29) is 11.3 Å². The van der Waals surface area contributed by atoms with E-state index in [0.29, 0.717) is 0 Å². The molecule has 0 unspecified atom stereocenters. The number of alkyl halides is 2. The van der Waals surface area contributed by atoms with E-state index in [4.69, 9.17) is 0 Å². The highest BCUT2D eigenvalue weighted by atomic mass is 32.2. The first-order chi connectivity index (χ1) is 9.92. The van der Waals surface area contributed by atoms with Crippen molar-refractivity contribution in [3.05, 3.63) is 59.9 Å². The third-order valence-electron chi connectivity index (χ3n) is 2.68. The Hall–Kier alpha value is -1.95. The molecule has 2 aromatic rings. The van der Waals surface area contributed by atoms with Crippen molar-refractivity contribution in [3.63, 3.8) is 0 Å². The highest BCUT2D eigenvalue weighted by Gasteiger charge is 2.42. The lowest BCUT2D eigenvalue weighted by molar-refractivity contribution is -0.133. The number of benzene rings is 2. The molecule has 21 heavy (non-hydrogen) atoms. The Morgan fingerprint density at radius 2 is 1.62 bits per heavy atom. The maximum atomic E-state index is 13.8. The largest absolute Gasteiger partial charge is 0.465 e. The zero-order valence-corrected chi connectivity index (χ0v) is 11.8. The van der Waals surface area contributed by atoms with Gasteiger partial charge in [-0.05, 0) is 54.8 Å². The van der Waals surface area contributed by atoms with Gasteiger partial charge in [-0.25, -0.2) is 4.39 Å². The lowest BCUT2D eigenvalue weighted by atomic mass is 10.1. The summed E-state index contributed by atoms with van der Waals surface area (Å²) in [6, 6.07) is 9.80. The van der Waals surface area contributed by atoms with Crippen LogP contribution in [0.4, 0.5) is 13.2 Å². The number of carbonyl (C=O) groups excluding carboxylic acids is 1. The molecule has 2 nitrogen and oxygen atoms in total. The Kier molecular flexibility index (Phi) is 4.57. The Balaban J connectivity index is 2.16. The average Bonchev–Trinajstić information content (AvgIpc) is 2.48. The Bertz CT molecular complexity index is 624. The molecule has 0 fully saturated rings. The van der Waals surface area contributed by atoms with Crippen LogP contribution in [0.5, 0.6) is 5.75 Å². The molecule has 2 aromatic carbocycles. The predicted molar refractivity (Wildman–Crippen MR) is 74.5 cm³/mol. The number of hydrogen-bond donors (Lipinski definition) is 0. The van der Waals surface area contributed by atoms with Gasteiger partial charge in [-0.1, -0.05) is 0 Å².